The molecule has 0 aliphatic heterocycles. The molecule has 0 aromatic carbocycles. The van der Waals surface area contributed by atoms with E-state index in [4.69, 9.17) is 0 Å². The zero-order valence-corrected chi connectivity index (χ0v) is 9.42. The minimum Gasteiger partial charge on any atom is -0.396 e. The number of rotatable bonds is 6. The molecule has 0 heterocycles. The monoisotopic (exact) mass is 197 g/mol. The van der Waals surface area contributed by atoms with Crippen molar-refractivity contribution in [3.63, 3.8) is 0 Å². The lowest BCUT2D eigenvalue weighted by Gasteiger charge is -2.26. The summed E-state index contributed by atoms with van der Waals surface area (Å²) in [6, 6.07) is 0.765. The van der Waals surface area contributed by atoms with Crippen molar-refractivity contribution in [3.8, 4) is 0 Å². The van der Waals surface area contributed by atoms with Gasteiger partial charge in [0.2, 0.25) is 0 Å². The Morgan fingerprint density at radius 2 is 1.71 bits per heavy atom. The molecular formula is C12H23NO. The summed E-state index contributed by atoms with van der Waals surface area (Å²) in [5, 5.41) is 12.9. The molecule has 14 heavy (non-hydrogen) atoms. The maximum absolute atomic E-state index is 9.18. The predicted molar refractivity (Wildman–Crippen MR) is 58.1 cm³/mol. The highest BCUT2D eigenvalue weighted by atomic mass is 16.3. The molecule has 82 valence electrons. The molecule has 0 amide bonds. The van der Waals surface area contributed by atoms with Gasteiger partial charge in [0.05, 0.1) is 0 Å². The summed E-state index contributed by atoms with van der Waals surface area (Å²) >= 11 is 0. The van der Waals surface area contributed by atoms with Crippen molar-refractivity contribution in [3.05, 3.63) is 0 Å². The molecule has 2 aliphatic carbocycles. The van der Waals surface area contributed by atoms with Crippen LogP contribution in [0.5, 0.6) is 0 Å². The van der Waals surface area contributed by atoms with Crippen molar-refractivity contribution < 1.29 is 5.11 Å². The Morgan fingerprint density at radius 3 is 2.07 bits per heavy atom. The Bertz CT molecular complexity index is 182. The SMILES string of the molecule is CC(C)(CO)CNC(C1CC1)C1CC1. The third-order valence-corrected chi connectivity index (χ3v) is 3.50. The van der Waals surface area contributed by atoms with Crippen molar-refractivity contribution in [2.45, 2.75) is 45.6 Å². The standard InChI is InChI=1S/C12H23NO/c1-12(2,8-14)7-13-11(9-3-4-9)10-5-6-10/h9-11,13-14H,3-8H2,1-2H3. The Labute approximate surface area is 87.1 Å². The van der Waals surface area contributed by atoms with Crippen molar-refractivity contribution in [2.24, 2.45) is 17.3 Å². The molecular weight excluding hydrogens is 174 g/mol. The van der Waals surface area contributed by atoms with Gasteiger partial charge >= 0.3 is 0 Å². The lowest BCUT2D eigenvalue weighted by molar-refractivity contribution is 0.150. The molecule has 0 aromatic rings. The molecule has 2 nitrogen and oxygen atoms in total. The highest BCUT2D eigenvalue weighted by Crippen LogP contribution is 2.44. The fourth-order valence-corrected chi connectivity index (χ4v) is 2.08. The van der Waals surface area contributed by atoms with Gasteiger partial charge < -0.3 is 10.4 Å². The summed E-state index contributed by atoms with van der Waals surface area (Å²) in [5.41, 5.74) is 0.0437. The van der Waals surface area contributed by atoms with E-state index in [0.29, 0.717) is 0 Å². The van der Waals surface area contributed by atoms with Gasteiger partial charge in [-0.15, -0.1) is 0 Å². The quantitative estimate of drug-likeness (QED) is 0.680. The van der Waals surface area contributed by atoms with E-state index in [1.165, 1.54) is 25.7 Å². The van der Waals surface area contributed by atoms with Gasteiger partial charge in [-0.3, -0.25) is 0 Å². The molecule has 2 saturated carbocycles. The molecule has 0 radical (unpaired) electrons. The molecule has 2 N–H and O–H groups in total. The summed E-state index contributed by atoms with van der Waals surface area (Å²) in [6.45, 7) is 5.48. The Kier molecular flexibility index (Phi) is 2.85. The third-order valence-electron chi connectivity index (χ3n) is 3.50. The molecule has 0 bridgehead atoms. The van der Waals surface area contributed by atoms with Crippen LogP contribution >= 0.6 is 0 Å². The molecule has 2 aliphatic rings. The Hall–Kier alpha value is -0.0800. The molecule has 0 spiro atoms. The second-order valence-electron chi connectivity index (χ2n) is 5.90. The predicted octanol–water partition coefficient (Wildman–Crippen LogP) is 1.78. The first kappa shape index (κ1) is 10.4. The first-order valence-electron chi connectivity index (χ1n) is 5.97. The number of aliphatic hydroxyl groups excluding tert-OH is 1. The average Bonchev–Trinajstić information content (AvgIpc) is 2.99. The van der Waals surface area contributed by atoms with Crippen molar-refractivity contribution in [1.82, 2.24) is 5.32 Å². The van der Waals surface area contributed by atoms with E-state index in [-0.39, 0.29) is 12.0 Å². The molecule has 0 saturated heterocycles. The van der Waals surface area contributed by atoms with E-state index in [2.05, 4.69) is 19.2 Å². The fraction of sp³-hybridized carbons (Fsp3) is 1.00. The summed E-state index contributed by atoms with van der Waals surface area (Å²) in [7, 11) is 0. The maximum atomic E-state index is 9.18. The Balaban J connectivity index is 1.76. The number of hydrogen-bond acceptors (Lipinski definition) is 2. The maximum Gasteiger partial charge on any atom is 0.0494 e. The van der Waals surface area contributed by atoms with Crippen LogP contribution in [0.15, 0.2) is 0 Å². The van der Waals surface area contributed by atoms with Crippen LogP contribution in [0.4, 0.5) is 0 Å². The van der Waals surface area contributed by atoms with E-state index in [0.717, 1.165) is 24.4 Å². The van der Waals surface area contributed by atoms with E-state index in [9.17, 15) is 5.11 Å². The van der Waals surface area contributed by atoms with Crippen LogP contribution in [-0.4, -0.2) is 24.3 Å². The van der Waals surface area contributed by atoms with Crippen LogP contribution in [0.3, 0.4) is 0 Å². The largest absolute Gasteiger partial charge is 0.396 e. The average molecular weight is 197 g/mol. The van der Waals surface area contributed by atoms with Gasteiger partial charge in [-0.2, -0.15) is 0 Å². The van der Waals surface area contributed by atoms with Crippen LogP contribution in [0.25, 0.3) is 0 Å². The van der Waals surface area contributed by atoms with Gasteiger partial charge in [-0.05, 0) is 37.5 Å². The molecule has 0 unspecified atom stereocenters. The van der Waals surface area contributed by atoms with Gasteiger partial charge in [0.1, 0.15) is 0 Å². The van der Waals surface area contributed by atoms with Crippen molar-refractivity contribution in [2.75, 3.05) is 13.2 Å². The Morgan fingerprint density at radius 1 is 1.21 bits per heavy atom. The van der Waals surface area contributed by atoms with Crippen LogP contribution in [0.2, 0.25) is 0 Å². The molecule has 0 aromatic heterocycles. The van der Waals surface area contributed by atoms with Crippen molar-refractivity contribution in [1.29, 1.82) is 0 Å². The topological polar surface area (TPSA) is 32.3 Å². The molecule has 0 atom stereocenters. The second kappa shape index (κ2) is 3.82. The third kappa shape index (κ3) is 2.71. The van der Waals surface area contributed by atoms with Gasteiger partial charge in [-0.1, -0.05) is 13.8 Å². The minimum atomic E-state index is 0.0437. The fourth-order valence-electron chi connectivity index (χ4n) is 2.08. The van der Waals surface area contributed by atoms with Crippen LogP contribution in [-0.2, 0) is 0 Å². The zero-order chi connectivity index (χ0) is 10.2. The molecule has 2 heteroatoms. The van der Waals surface area contributed by atoms with Gasteiger partial charge in [0, 0.05) is 24.6 Å². The first-order valence-corrected chi connectivity index (χ1v) is 5.97. The lowest BCUT2D eigenvalue weighted by Crippen LogP contribution is -2.41. The minimum absolute atomic E-state index is 0.0437. The van der Waals surface area contributed by atoms with E-state index in [1.54, 1.807) is 0 Å². The summed E-state index contributed by atoms with van der Waals surface area (Å²) in [6.07, 6.45) is 5.70. The summed E-state index contributed by atoms with van der Waals surface area (Å²) in [5.74, 6) is 1.91. The first-order chi connectivity index (χ1) is 6.62. The van der Waals surface area contributed by atoms with Gasteiger partial charge in [0.15, 0.2) is 0 Å². The van der Waals surface area contributed by atoms with Gasteiger partial charge in [0.25, 0.3) is 0 Å². The van der Waals surface area contributed by atoms with Crippen LogP contribution in [0.1, 0.15) is 39.5 Å². The van der Waals surface area contributed by atoms with Crippen LogP contribution in [0, 0.1) is 17.3 Å². The van der Waals surface area contributed by atoms with Gasteiger partial charge in [-0.25, -0.2) is 0 Å². The number of aliphatic hydroxyl groups is 1. The van der Waals surface area contributed by atoms with E-state index >= 15 is 0 Å². The van der Waals surface area contributed by atoms with E-state index in [1.807, 2.05) is 0 Å². The second-order valence-corrected chi connectivity index (χ2v) is 5.90. The normalized spacial score (nSPS) is 23.1. The molecule has 2 fully saturated rings. The summed E-state index contributed by atoms with van der Waals surface area (Å²) < 4.78 is 0. The highest BCUT2D eigenvalue weighted by molar-refractivity contribution is 4.96. The lowest BCUT2D eigenvalue weighted by atomic mass is 9.94. The zero-order valence-electron chi connectivity index (χ0n) is 9.42. The summed E-state index contributed by atoms with van der Waals surface area (Å²) in [4.78, 5) is 0. The highest BCUT2D eigenvalue weighted by Gasteiger charge is 2.41. The van der Waals surface area contributed by atoms with Crippen molar-refractivity contribution >= 4 is 0 Å². The van der Waals surface area contributed by atoms with Crippen LogP contribution < -0.4 is 5.32 Å². The molecule has 2 rings (SSSR count). The smallest absolute Gasteiger partial charge is 0.0494 e. The number of hydrogen-bond donors (Lipinski definition) is 2. The number of nitrogens with one attached hydrogen (secondary N) is 1. The van der Waals surface area contributed by atoms with E-state index < -0.39 is 0 Å².